The molecule has 0 amide bonds. The van der Waals surface area contributed by atoms with Crippen LogP contribution in [0.3, 0.4) is 0 Å². The Hall–Kier alpha value is -3.30. The highest BCUT2D eigenvalue weighted by Gasteiger charge is 2.95. The molecule has 0 unspecified atom stereocenters. The third-order valence-corrected chi connectivity index (χ3v) is 11.4. The molecule has 4 aliphatic carbocycles. The largest absolute Gasteiger partial charge is 0.459 e. The summed E-state index contributed by atoms with van der Waals surface area (Å²) >= 11 is 0. The molecular formula is C33H40O9. The van der Waals surface area contributed by atoms with Crippen LogP contribution in [0.4, 0.5) is 0 Å². The highest BCUT2D eigenvalue weighted by atomic mass is 16.6. The first-order valence-electron chi connectivity index (χ1n) is 14.4. The fourth-order valence-corrected chi connectivity index (χ4v) is 9.77. The first-order valence-corrected chi connectivity index (χ1v) is 14.4. The number of carbonyl (C=O) groups is 4. The van der Waals surface area contributed by atoms with Crippen molar-refractivity contribution in [2.24, 2.45) is 27.6 Å². The molecule has 2 N–H and O–H groups in total. The summed E-state index contributed by atoms with van der Waals surface area (Å²) in [6.45, 7) is 13.9. The van der Waals surface area contributed by atoms with Crippen LogP contribution >= 0.6 is 0 Å². The average molecular weight is 581 g/mol. The Morgan fingerprint density at radius 3 is 2.24 bits per heavy atom. The van der Waals surface area contributed by atoms with Gasteiger partial charge in [0.1, 0.15) is 29.7 Å². The van der Waals surface area contributed by atoms with E-state index in [1.165, 1.54) is 19.9 Å². The number of carbonyl (C=O) groups excluding carboxylic acids is 4. The van der Waals surface area contributed by atoms with Gasteiger partial charge in [-0.3, -0.25) is 14.4 Å². The number of aliphatic hydroxyl groups excluding tert-OH is 1. The van der Waals surface area contributed by atoms with Crippen LogP contribution in [0, 0.1) is 27.6 Å². The van der Waals surface area contributed by atoms with Crippen LogP contribution in [0.25, 0.3) is 6.08 Å². The predicted molar refractivity (Wildman–Crippen MR) is 151 cm³/mol. The van der Waals surface area contributed by atoms with Crippen LogP contribution < -0.4 is 0 Å². The zero-order chi connectivity index (χ0) is 31.0. The lowest BCUT2D eigenvalue weighted by Gasteiger charge is -2.60. The molecule has 4 fully saturated rings. The number of esters is 3. The number of aliphatic hydroxyl groups is 2. The normalized spacial score (nSPS) is 41.7. The van der Waals surface area contributed by atoms with E-state index in [0.717, 1.165) is 5.56 Å². The molecule has 2 spiro atoms. The maximum atomic E-state index is 13.8. The van der Waals surface area contributed by atoms with Crippen molar-refractivity contribution >= 4 is 29.8 Å². The Labute approximate surface area is 245 Å². The van der Waals surface area contributed by atoms with Crippen LogP contribution in [0.1, 0.15) is 66.4 Å². The zero-order valence-electron chi connectivity index (χ0n) is 25.0. The smallest absolute Gasteiger partial charge is 0.331 e. The van der Waals surface area contributed by atoms with Gasteiger partial charge in [-0.05, 0) is 30.1 Å². The van der Waals surface area contributed by atoms with Crippen molar-refractivity contribution in [3.8, 4) is 0 Å². The first kappa shape index (κ1) is 30.2. The summed E-state index contributed by atoms with van der Waals surface area (Å²) in [5.41, 5.74) is -6.18. The summed E-state index contributed by atoms with van der Waals surface area (Å²) in [5, 5.41) is 24.6. The number of Topliss-reactive ketones (excluding diaryl/α,β-unsaturated/α-hetero) is 1. The Kier molecular flexibility index (Phi) is 6.90. The van der Waals surface area contributed by atoms with E-state index < -0.39 is 75.5 Å². The minimum absolute atomic E-state index is 0.248. The third kappa shape index (κ3) is 3.43. The summed E-state index contributed by atoms with van der Waals surface area (Å²) in [6, 6.07) is 9.25. The molecule has 0 radical (unpaired) electrons. The van der Waals surface area contributed by atoms with Crippen molar-refractivity contribution in [2.75, 3.05) is 0 Å². The van der Waals surface area contributed by atoms with Gasteiger partial charge in [-0.15, -0.1) is 0 Å². The maximum absolute atomic E-state index is 13.8. The van der Waals surface area contributed by atoms with Crippen LogP contribution in [0.15, 0.2) is 48.6 Å². The molecule has 226 valence electrons. The van der Waals surface area contributed by atoms with Crippen LogP contribution in [-0.2, 0) is 33.4 Å². The van der Waals surface area contributed by atoms with E-state index in [0.29, 0.717) is 5.57 Å². The second-order valence-electron chi connectivity index (χ2n) is 13.2. The number of ketones is 1. The summed E-state index contributed by atoms with van der Waals surface area (Å²) in [4.78, 5) is 52.1. The fraction of sp³-hybridized carbons (Fsp3) is 0.576. The zero-order valence-corrected chi connectivity index (χ0v) is 25.0. The monoisotopic (exact) mass is 580 g/mol. The Morgan fingerprint density at radius 2 is 1.64 bits per heavy atom. The minimum atomic E-state index is -1.90. The van der Waals surface area contributed by atoms with E-state index in [1.807, 2.05) is 30.3 Å². The Balaban J connectivity index is 1.72. The highest BCUT2D eigenvalue weighted by Crippen LogP contribution is 2.87. The molecule has 0 aliphatic heterocycles. The average Bonchev–Trinajstić information content (AvgIpc) is 3.13. The molecule has 1 aromatic rings. The van der Waals surface area contributed by atoms with Crippen molar-refractivity contribution in [2.45, 2.75) is 90.8 Å². The standard InChI is InChI=1S/C33H40O9/c1-18-23(36)17-31(39)28(41-21(4)35)33-19(2)24(42-25(37)14-13-22-11-9-8-10-12-22)15-16-30(33,7)26(38)27(40-20(3)34)32(18,33)29(31,5)6/h8-14,18,24,26-28,38-39H,2,15-17H2,1,3-7H3/t18-,24+,26+,27+,28-,30+,31-,32-,33-/m1/s1. The number of hydrogen-bond acceptors (Lipinski definition) is 9. The van der Waals surface area contributed by atoms with E-state index >= 15 is 0 Å². The number of fused-ring (bicyclic) bond motifs is 1. The molecule has 9 nitrogen and oxygen atoms in total. The maximum Gasteiger partial charge on any atom is 0.331 e. The Morgan fingerprint density at radius 1 is 1.02 bits per heavy atom. The van der Waals surface area contributed by atoms with Crippen LogP contribution in [0.5, 0.6) is 0 Å². The molecule has 0 aromatic heterocycles. The Bertz CT molecular complexity index is 1380. The summed E-state index contributed by atoms with van der Waals surface area (Å²) in [5.74, 6) is -3.13. The third-order valence-electron chi connectivity index (χ3n) is 11.4. The molecule has 4 saturated carbocycles. The van der Waals surface area contributed by atoms with Crippen molar-refractivity contribution < 1.29 is 43.6 Å². The van der Waals surface area contributed by atoms with Gasteiger partial charge in [-0.1, -0.05) is 64.6 Å². The van der Waals surface area contributed by atoms with E-state index in [-0.39, 0.29) is 25.0 Å². The van der Waals surface area contributed by atoms with Gasteiger partial charge >= 0.3 is 17.9 Å². The van der Waals surface area contributed by atoms with Crippen molar-refractivity contribution in [3.63, 3.8) is 0 Å². The van der Waals surface area contributed by atoms with Gasteiger partial charge in [0.25, 0.3) is 0 Å². The number of ether oxygens (including phenoxy) is 3. The van der Waals surface area contributed by atoms with E-state index in [1.54, 1.807) is 33.8 Å². The van der Waals surface area contributed by atoms with Crippen molar-refractivity contribution in [3.05, 3.63) is 54.1 Å². The number of hydrogen-bond donors (Lipinski definition) is 2. The summed E-state index contributed by atoms with van der Waals surface area (Å²) in [6.07, 6.45) is -1.63. The molecule has 5 rings (SSSR count). The van der Waals surface area contributed by atoms with Gasteiger partial charge in [0.15, 0.2) is 0 Å². The molecule has 1 aromatic carbocycles. The van der Waals surface area contributed by atoms with Gasteiger partial charge in [0.2, 0.25) is 0 Å². The van der Waals surface area contributed by atoms with E-state index in [2.05, 4.69) is 6.58 Å². The molecule has 0 heterocycles. The highest BCUT2D eigenvalue weighted by molar-refractivity contribution is 5.88. The topological polar surface area (TPSA) is 136 Å². The van der Waals surface area contributed by atoms with Gasteiger partial charge in [-0.2, -0.15) is 0 Å². The second kappa shape index (κ2) is 9.61. The molecule has 2 bridgehead atoms. The second-order valence-corrected chi connectivity index (χ2v) is 13.2. The molecule has 9 heteroatoms. The summed E-state index contributed by atoms with van der Waals surface area (Å²) < 4.78 is 17.9. The number of benzene rings is 1. The van der Waals surface area contributed by atoms with Gasteiger partial charge < -0.3 is 24.4 Å². The van der Waals surface area contributed by atoms with Gasteiger partial charge in [0, 0.05) is 48.5 Å². The van der Waals surface area contributed by atoms with E-state index in [9.17, 15) is 29.4 Å². The number of rotatable bonds is 5. The molecule has 0 saturated heterocycles. The van der Waals surface area contributed by atoms with Crippen LogP contribution in [-0.4, -0.2) is 63.9 Å². The lowest BCUT2D eigenvalue weighted by molar-refractivity contribution is -0.216. The van der Waals surface area contributed by atoms with Crippen molar-refractivity contribution in [1.82, 2.24) is 0 Å². The molecule has 9 atom stereocenters. The lowest BCUT2D eigenvalue weighted by atomic mass is 9.42. The fourth-order valence-electron chi connectivity index (χ4n) is 9.77. The lowest BCUT2D eigenvalue weighted by Crippen LogP contribution is -2.65. The summed E-state index contributed by atoms with van der Waals surface area (Å²) in [7, 11) is 0. The van der Waals surface area contributed by atoms with E-state index in [4.69, 9.17) is 14.2 Å². The quantitative estimate of drug-likeness (QED) is 0.232. The van der Waals surface area contributed by atoms with Gasteiger partial charge in [0.05, 0.1) is 11.5 Å². The predicted octanol–water partition coefficient (Wildman–Crippen LogP) is 3.56. The minimum Gasteiger partial charge on any atom is -0.459 e. The molecule has 42 heavy (non-hydrogen) atoms. The van der Waals surface area contributed by atoms with Crippen molar-refractivity contribution in [1.29, 1.82) is 0 Å². The van der Waals surface area contributed by atoms with Gasteiger partial charge in [-0.25, -0.2) is 4.79 Å². The van der Waals surface area contributed by atoms with Crippen LogP contribution in [0.2, 0.25) is 0 Å². The SMILES string of the molecule is C=C1[C@@H](OC(=O)C=Cc2ccccc2)CC[C@@]2(C)[C@@H](O)[C@H](OC(C)=O)[C@@]34[C@H](C)C(=O)C[C@@](O)([C@@H](OC(C)=O)[C@@]132)C4(C)C. The molecular weight excluding hydrogens is 540 g/mol. The first-order chi connectivity index (χ1) is 19.5. The molecule has 4 aliphatic rings.